The van der Waals surface area contributed by atoms with Crippen molar-refractivity contribution in [3.63, 3.8) is 0 Å². The van der Waals surface area contributed by atoms with Crippen molar-refractivity contribution >= 4 is 5.91 Å². The van der Waals surface area contributed by atoms with Crippen LogP contribution in [0.2, 0.25) is 0 Å². The van der Waals surface area contributed by atoms with Crippen LogP contribution in [0.1, 0.15) is 57.6 Å². The van der Waals surface area contributed by atoms with Gasteiger partial charge < -0.3 is 24.8 Å². The lowest BCUT2D eigenvalue weighted by molar-refractivity contribution is -0.275. The Balaban J connectivity index is 1.19. The molecule has 0 saturated carbocycles. The van der Waals surface area contributed by atoms with Crippen molar-refractivity contribution in [1.82, 2.24) is 20.2 Å². The van der Waals surface area contributed by atoms with E-state index in [0.29, 0.717) is 12.1 Å². The van der Waals surface area contributed by atoms with E-state index in [2.05, 4.69) is 70.6 Å². The number of aromatic nitrogens is 2. The molecule has 1 fully saturated rings. The Bertz CT molecular complexity index is 1750. The molecule has 6 rings (SSSR count). The van der Waals surface area contributed by atoms with Crippen LogP contribution in [0.15, 0.2) is 122 Å². The fourth-order valence-electron chi connectivity index (χ4n) is 6.13. The van der Waals surface area contributed by atoms with Gasteiger partial charge in [-0.25, -0.2) is 0 Å². The molecule has 2 aromatic heterocycles. The summed E-state index contributed by atoms with van der Waals surface area (Å²) in [6.07, 6.45) is 5.09. The van der Waals surface area contributed by atoms with Crippen molar-refractivity contribution < 1.29 is 19.4 Å². The highest BCUT2D eigenvalue weighted by molar-refractivity contribution is 5.93. The molecule has 0 spiro atoms. The van der Waals surface area contributed by atoms with Gasteiger partial charge in [-0.15, -0.1) is 0 Å². The Kier molecular flexibility index (Phi) is 11.0. The molecule has 5 aromatic rings. The monoisotopic (exact) mass is 642 g/mol. The molecule has 0 radical (unpaired) electrons. The molecule has 4 unspecified atom stereocenters. The molecule has 0 bridgehead atoms. The van der Waals surface area contributed by atoms with Gasteiger partial charge in [0.1, 0.15) is 0 Å². The first kappa shape index (κ1) is 33.2. The van der Waals surface area contributed by atoms with Crippen molar-refractivity contribution in [2.75, 3.05) is 20.1 Å². The van der Waals surface area contributed by atoms with Gasteiger partial charge in [-0.3, -0.25) is 14.8 Å². The summed E-state index contributed by atoms with van der Waals surface area (Å²) >= 11 is 0. The Morgan fingerprint density at radius 3 is 2.38 bits per heavy atom. The number of carbonyl (C=O) groups excluding carboxylic acids is 1. The third kappa shape index (κ3) is 8.21. The first-order chi connectivity index (χ1) is 23.5. The van der Waals surface area contributed by atoms with E-state index in [4.69, 9.17) is 9.47 Å². The van der Waals surface area contributed by atoms with Crippen LogP contribution in [0.25, 0.3) is 11.1 Å². The summed E-state index contributed by atoms with van der Waals surface area (Å²) in [5, 5.41) is 12.6. The van der Waals surface area contributed by atoms with Gasteiger partial charge in [0, 0.05) is 61.8 Å². The first-order valence-corrected chi connectivity index (χ1v) is 16.4. The molecule has 1 aliphatic heterocycles. The van der Waals surface area contributed by atoms with Crippen molar-refractivity contribution in [2.24, 2.45) is 5.92 Å². The van der Waals surface area contributed by atoms with E-state index < -0.39 is 6.29 Å². The van der Waals surface area contributed by atoms with Crippen LogP contribution in [0.3, 0.4) is 0 Å². The van der Waals surface area contributed by atoms with E-state index in [9.17, 15) is 9.90 Å². The standard InChI is InChI=1S/C40H42N4O4/c1-28-37(26-44(2)23-20-35-10-5-6-22-42-35)47-40(48-38(28)31-14-12-29(27-45)13-15-31)32-18-16-30(17-19-32)36-11-4-3-8-33(36)25-43-39(46)34-9-7-21-41-24-34/h3-19,21-22,24,28,37-38,40,45H,20,23,25-27H2,1-2H3,(H,43,46). The molecule has 3 heterocycles. The topological polar surface area (TPSA) is 96.8 Å². The average molecular weight is 643 g/mol. The minimum atomic E-state index is -0.555. The van der Waals surface area contributed by atoms with Crippen LogP contribution >= 0.6 is 0 Å². The third-order valence-corrected chi connectivity index (χ3v) is 8.97. The zero-order valence-electron chi connectivity index (χ0n) is 27.4. The minimum Gasteiger partial charge on any atom is -0.392 e. The quantitative estimate of drug-likeness (QED) is 0.160. The van der Waals surface area contributed by atoms with E-state index in [-0.39, 0.29) is 30.6 Å². The number of likely N-dealkylation sites (N-methyl/N-ethyl adjacent to an activating group) is 1. The van der Waals surface area contributed by atoms with Crippen molar-refractivity contribution in [2.45, 2.75) is 45.0 Å². The van der Waals surface area contributed by atoms with Gasteiger partial charge in [-0.2, -0.15) is 0 Å². The van der Waals surface area contributed by atoms with Gasteiger partial charge in [0.2, 0.25) is 0 Å². The summed E-state index contributed by atoms with van der Waals surface area (Å²) in [6, 6.07) is 33.9. The number of hydrogen-bond acceptors (Lipinski definition) is 7. The highest BCUT2D eigenvalue weighted by atomic mass is 16.7. The van der Waals surface area contributed by atoms with Gasteiger partial charge in [0.25, 0.3) is 5.91 Å². The van der Waals surface area contributed by atoms with Crippen molar-refractivity contribution in [1.29, 1.82) is 0 Å². The number of ether oxygens (including phenoxy) is 2. The lowest BCUT2D eigenvalue weighted by atomic mass is 9.90. The number of carbonyl (C=O) groups is 1. The Morgan fingerprint density at radius 2 is 1.65 bits per heavy atom. The van der Waals surface area contributed by atoms with E-state index in [1.54, 1.807) is 24.5 Å². The largest absolute Gasteiger partial charge is 0.392 e. The number of aliphatic hydroxyl groups excluding tert-OH is 1. The number of pyridine rings is 2. The van der Waals surface area contributed by atoms with Crippen LogP contribution in [0.4, 0.5) is 0 Å². The van der Waals surface area contributed by atoms with Crippen molar-refractivity contribution in [3.05, 3.63) is 155 Å². The zero-order chi connectivity index (χ0) is 33.3. The van der Waals surface area contributed by atoms with Crippen LogP contribution in [0.5, 0.6) is 0 Å². The zero-order valence-corrected chi connectivity index (χ0v) is 27.4. The highest BCUT2D eigenvalue weighted by Crippen LogP contribution is 2.42. The SMILES string of the molecule is CC1C(CN(C)CCc2ccccn2)OC(c2ccc(-c3ccccc3CNC(=O)c3cccnc3)cc2)OC1c1ccc(CO)cc1. The molecule has 246 valence electrons. The van der Waals surface area contributed by atoms with Gasteiger partial charge in [-0.05, 0) is 59.1 Å². The maximum atomic E-state index is 12.7. The summed E-state index contributed by atoms with van der Waals surface area (Å²) in [4.78, 5) is 23.5. The number of aliphatic hydroxyl groups is 1. The second-order valence-electron chi connectivity index (χ2n) is 12.4. The van der Waals surface area contributed by atoms with Crippen LogP contribution in [-0.4, -0.2) is 52.1 Å². The molecule has 8 nitrogen and oxygen atoms in total. The van der Waals surface area contributed by atoms with Gasteiger partial charge >= 0.3 is 0 Å². The molecule has 1 aliphatic rings. The molecule has 0 aliphatic carbocycles. The molecule has 1 saturated heterocycles. The third-order valence-electron chi connectivity index (χ3n) is 8.97. The van der Waals surface area contributed by atoms with Crippen LogP contribution < -0.4 is 5.32 Å². The fourth-order valence-corrected chi connectivity index (χ4v) is 6.13. The fraction of sp³-hybridized carbons (Fsp3) is 0.275. The summed E-state index contributed by atoms with van der Waals surface area (Å²) in [5.74, 6) is -0.0712. The second-order valence-corrected chi connectivity index (χ2v) is 12.4. The van der Waals surface area contributed by atoms with Crippen molar-refractivity contribution in [3.8, 4) is 11.1 Å². The summed E-state index contributed by atoms with van der Waals surface area (Å²) in [6.45, 7) is 4.19. The molecular formula is C40H42N4O4. The van der Waals surface area contributed by atoms with Gasteiger partial charge in [-0.1, -0.05) is 85.8 Å². The Hall–Kier alpha value is -4.73. The molecule has 4 atom stereocenters. The van der Waals surface area contributed by atoms with E-state index in [1.165, 1.54) is 0 Å². The average Bonchev–Trinajstić information content (AvgIpc) is 3.15. The molecule has 2 N–H and O–H groups in total. The normalized spacial score (nSPS) is 19.2. The van der Waals surface area contributed by atoms with Gasteiger partial charge in [0.05, 0.1) is 24.4 Å². The number of benzene rings is 3. The predicted molar refractivity (Wildman–Crippen MR) is 186 cm³/mol. The molecule has 48 heavy (non-hydrogen) atoms. The first-order valence-electron chi connectivity index (χ1n) is 16.4. The maximum Gasteiger partial charge on any atom is 0.253 e. The lowest BCUT2D eigenvalue weighted by Crippen LogP contribution is -2.43. The van der Waals surface area contributed by atoms with E-state index in [1.807, 2.05) is 60.8 Å². The van der Waals surface area contributed by atoms with Crippen LogP contribution in [0, 0.1) is 5.92 Å². The number of hydrogen-bond donors (Lipinski definition) is 2. The van der Waals surface area contributed by atoms with Crippen LogP contribution in [-0.2, 0) is 29.0 Å². The molecular weight excluding hydrogens is 600 g/mol. The van der Waals surface area contributed by atoms with E-state index in [0.717, 1.165) is 58.6 Å². The minimum absolute atomic E-state index is 0.00311. The predicted octanol–water partition coefficient (Wildman–Crippen LogP) is 6.53. The Labute approximate surface area is 282 Å². The molecule has 3 aromatic carbocycles. The number of nitrogens with zero attached hydrogens (tertiary/aromatic N) is 3. The second kappa shape index (κ2) is 15.9. The Morgan fingerprint density at radius 1 is 0.875 bits per heavy atom. The number of rotatable bonds is 12. The highest BCUT2D eigenvalue weighted by Gasteiger charge is 2.38. The van der Waals surface area contributed by atoms with Gasteiger partial charge in [0.15, 0.2) is 6.29 Å². The molecule has 1 amide bonds. The summed E-state index contributed by atoms with van der Waals surface area (Å²) in [7, 11) is 2.12. The molecule has 8 heteroatoms. The van der Waals surface area contributed by atoms with E-state index >= 15 is 0 Å². The lowest BCUT2D eigenvalue weighted by Gasteiger charge is -2.42. The maximum absolute atomic E-state index is 12.7. The summed E-state index contributed by atoms with van der Waals surface area (Å²) in [5.41, 5.74) is 7.57. The number of amides is 1. The smallest absolute Gasteiger partial charge is 0.253 e. The summed E-state index contributed by atoms with van der Waals surface area (Å²) < 4.78 is 13.4. The number of nitrogens with one attached hydrogen (secondary N) is 1.